The van der Waals surface area contributed by atoms with Crippen molar-refractivity contribution in [3.8, 4) is 0 Å². The van der Waals surface area contributed by atoms with Crippen molar-refractivity contribution in [3.05, 3.63) is 23.8 Å². The Morgan fingerprint density at radius 1 is 1.28 bits per heavy atom. The van der Waals surface area contributed by atoms with Crippen LogP contribution in [0.15, 0.2) is 23.8 Å². The second-order valence-electron chi connectivity index (χ2n) is 9.84. The molecule has 3 saturated carbocycles. The highest BCUT2D eigenvalue weighted by molar-refractivity contribution is 6.01. The number of hydrogen-bond acceptors (Lipinski definition) is 5. The van der Waals surface area contributed by atoms with E-state index >= 15 is 8.78 Å². The monoisotopic (exact) mass is 410 g/mol. The van der Waals surface area contributed by atoms with Crippen molar-refractivity contribution in [1.29, 1.82) is 0 Å². The lowest BCUT2D eigenvalue weighted by atomic mass is 9.44. The van der Waals surface area contributed by atoms with Gasteiger partial charge in [-0.3, -0.25) is 9.59 Å². The number of Topliss-reactive ketones (excluding diaryl/α,β-unsaturated/α-hetero) is 1. The van der Waals surface area contributed by atoms with Crippen LogP contribution >= 0.6 is 0 Å². The van der Waals surface area contributed by atoms with Crippen molar-refractivity contribution < 1.29 is 33.7 Å². The molecule has 160 valence electrons. The zero-order chi connectivity index (χ0) is 21.6. The highest BCUT2D eigenvalue weighted by Gasteiger charge is 2.76. The van der Waals surface area contributed by atoms with Crippen molar-refractivity contribution in [2.24, 2.45) is 28.6 Å². The quantitative estimate of drug-likeness (QED) is 0.646. The number of ketones is 2. The van der Waals surface area contributed by atoms with E-state index in [1.807, 2.05) is 0 Å². The molecule has 0 heterocycles. The van der Waals surface area contributed by atoms with Gasteiger partial charge in [0.25, 0.3) is 0 Å². The van der Waals surface area contributed by atoms with E-state index in [1.54, 1.807) is 13.8 Å². The number of hydrogen-bond donors (Lipinski definition) is 3. The molecular weight excluding hydrogens is 382 g/mol. The number of carbonyl (C=O) groups is 2. The molecule has 0 aromatic carbocycles. The minimum atomic E-state index is -2.24. The molecule has 4 aliphatic rings. The first-order valence-electron chi connectivity index (χ1n) is 10.2. The second kappa shape index (κ2) is 6.05. The third-order valence-electron chi connectivity index (χ3n) is 8.78. The summed E-state index contributed by atoms with van der Waals surface area (Å²) in [7, 11) is 0. The molecule has 3 fully saturated rings. The normalized spacial score (nSPS) is 53.7. The summed E-state index contributed by atoms with van der Waals surface area (Å²) in [6.07, 6.45) is 0.427. The van der Waals surface area contributed by atoms with Gasteiger partial charge in [-0.1, -0.05) is 19.9 Å². The van der Waals surface area contributed by atoms with Crippen molar-refractivity contribution in [3.63, 3.8) is 0 Å². The molecule has 4 rings (SSSR count). The Balaban J connectivity index is 1.87. The molecular formula is C22H28F2O5. The molecule has 0 bridgehead atoms. The fraction of sp³-hybridized carbons (Fsp3) is 0.727. The number of halogens is 2. The van der Waals surface area contributed by atoms with Crippen LogP contribution in [0.1, 0.15) is 40.0 Å². The van der Waals surface area contributed by atoms with E-state index in [0.29, 0.717) is 0 Å². The van der Waals surface area contributed by atoms with Gasteiger partial charge in [-0.05, 0) is 55.7 Å². The SMILES string of the molecule is C[C@H]1C[C@H]2[C@@H]3C[C@H](F)C4=CC(=O)C=CC4(C)[C@@]3(F)[C@@H](O)C[C@]2(C)[C@@]1(O)C(=O)CO. The predicted molar refractivity (Wildman–Crippen MR) is 100 cm³/mol. The summed E-state index contributed by atoms with van der Waals surface area (Å²) in [6, 6.07) is 0. The fourth-order valence-electron chi connectivity index (χ4n) is 7.25. The molecule has 0 saturated heterocycles. The third-order valence-corrected chi connectivity index (χ3v) is 8.78. The molecule has 0 radical (unpaired) electrons. The van der Waals surface area contributed by atoms with Gasteiger partial charge in [-0.25, -0.2) is 8.78 Å². The van der Waals surface area contributed by atoms with Gasteiger partial charge in [0.1, 0.15) is 18.4 Å². The largest absolute Gasteiger partial charge is 0.390 e. The molecule has 0 amide bonds. The molecule has 5 nitrogen and oxygen atoms in total. The van der Waals surface area contributed by atoms with Gasteiger partial charge in [0.05, 0.1) is 6.10 Å². The van der Waals surface area contributed by atoms with Crippen LogP contribution in [0.3, 0.4) is 0 Å². The Labute approximate surface area is 168 Å². The number of rotatable bonds is 2. The zero-order valence-electron chi connectivity index (χ0n) is 16.9. The fourth-order valence-corrected chi connectivity index (χ4v) is 7.25. The first kappa shape index (κ1) is 20.8. The zero-order valence-corrected chi connectivity index (χ0v) is 16.9. The lowest BCUT2D eigenvalue weighted by Crippen LogP contribution is -2.70. The van der Waals surface area contributed by atoms with Gasteiger partial charge in [-0.2, -0.15) is 0 Å². The highest BCUT2D eigenvalue weighted by atomic mass is 19.1. The Kier molecular flexibility index (Phi) is 4.34. The molecule has 0 aliphatic heterocycles. The lowest BCUT2D eigenvalue weighted by Gasteiger charge is -2.63. The van der Waals surface area contributed by atoms with Crippen LogP contribution in [0.2, 0.25) is 0 Å². The first-order valence-corrected chi connectivity index (χ1v) is 10.2. The average Bonchev–Trinajstić information content (AvgIpc) is 2.86. The van der Waals surface area contributed by atoms with Crippen molar-refractivity contribution in [2.45, 2.75) is 63.6 Å². The molecule has 7 heteroatoms. The standard InChI is InChI=1S/C22H28F2O5/c1-11-6-13-14-8-16(23)15-7-12(26)4-5-19(15,2)21(14,24)17(27)9-20(13,3)22(11,29)18(28)10-25/h4-5,7,11,13-14,16-17,25,27,29H,6,8-10H2,1-3H3/t11-,13-,14-,16-,17-,19?,20-,21-,22-/m0/s1. The lowest BCUT2D eigenvalue weighted by molar-refractivity contribution is -0.223. The van der Waals surface area contributed by atoms with Crippen LogP contribution in [0, 0.1) is 28.6 Å². The number of fused-ring (bicyclic) bond motifs is 5. The van der Waals surface area contributed by atoms with Gasteiger partial charge >= 0.3 is 0 Å². The highest BCUT2D eigenvalue weighted by Crippen LogP contribution is 2.70. The van der Waals surface area contributed by atoms with Gasteiger partial charge in [-0.15, -0.1) is 0 Å². The summed E-state index contributed by atoms with van der Waals surface area (Å²) in [5.74, 6) is -3.24. The number of alkyl halides is 2. The molecule has 9 atom stereocenters. The summed E-state index contributed by atoms with van der Waals surface area (Å²) in [5, 5.41) is 31.9. The van der Waals surface area contributed by atoms with Gasteiger partial charge in [0.15, 0.2) is 17.2 Å². The topological polar surface area (TPSA) is 94.8 Å². The minimum absolute atomic E-state index is 0.0409. The van der Waals surface area contributed by atoms with Crippen LogP contribution in [0.5, 0.6) is 0 Å². The van der Waals surface area contributed by atoms with E-state index in [2.05, 4.69) is 0 Å². The molecule has 0 aromatic rings. The number of aliphatic hydroxyl groups is 3. The Morgan fingerprint density at radius 3 is 2.55 bits per heavy atom. The maximum absolute atomic E-state index is 16.9. The van der Waals surface area contributed by atoms with Crippen LogP contribution in [-0.2, 0) is 9.59 Å². The van der Waals surface area contributed by atoms with E-state index in [1.165, 1.54) is 19.1 Å². The Hall–Kier alpha value is -1.44. The average molecular weight is 410 g/mol. The minimum Gasteiger partial charge on any atom is -0.390 e. The second-order valence-corrected chi connectivity index (χ2v) is 9.84. The third kappa shape index (κ3) is 2.19. The van der Waals surface area contributed by atoms with E-state index in [4.69, 9.17) is 0 Å². The van der Waals surface area contributed by atoms with Gasteiger partial charge < -0.3 is 15.3 Å². The molecule has 0 aromatic heterocycles. The maximum atomic E-state index is 16.9. The van der Waals surface area contributed by atoms with E-state index in [9.17, 15) is 24.9 Å². The summed E-state index contributed by atoms with van der Waals surface area (Å²) in [5.41, 5.74) is -6.81. The van der Waals surface area contributed by atoms with E-state index in [-0.39, 0.29) is 24.8 Å². The van der Waals surface area contributed by atoms with Gasteiger partial charge in [0.2, 0.25) is 0 Å². The van der Waals surface area contributed by atoms with Crippen LogP contribution in [-0.4, -0.2) is 57.0 Å². The van der Waals surface area contributed by atoms with Crippen LogP contribution in [0.4, 0.5) is 8.78 Å². The molecule has 4 aliphatic carbocycles. The van der Waals surface area contributed by atoms with E-state index in [0.717, 1.165) is 6.08 Å². The predicted octanol–water partition coefficient (Wildman–Crippen LogP) is 1.84. The maximum Gasteiger partial charge on any atom is 0.190 e. The van der Waals surface area contributed by atoms with Crippen molar-refractivity contribution in [2.75, 3.05) is 6.61 Å². The molecule has 1 unspecified atom stereocenters. The summed E-state index contributed by atoms with van der Waals surface area (Å²) < 4.78 is 32.1. The summed E-state index contributed by atoms with van der Waals surface area (Å²) >= 11 is 0. The summed E-state index contributed by atoms with van der Waals surface area (Å²) in [4.78, 5) is 24.3. The van der Waals surface area contributed by atoms with Crippen LogP contribution < -0.4 is 0 Å². The molecule has 3 N–H and O–H groups in total. The van der Waals surface area contributed by atoms with Crippen molar-refractivity contribution in [1.82, 2.24) is 0 Å². The smallest absolute Gasteiger partial charge is 0.190 e. The van der Waals surface area contributed by atoms with Gasteiger partial charge in [0, 0.05) is 16.7 Å². The van der Waals surface area contributed by atoms with Crippen LogP contribution in [0.25, 0.3) is 0 Å². The number of aliphatic hydroxyl groups excluding tert-OH is 2. The number of carbonyl (C=O) groups excluding carboxylic acids is 2. The van der Waals surface area contributed by atoms with E-state index < -0.39 is 70.3 Å². The Bertz CT molecular complexity index is 839. The van der Waals surface area contributed by atoms with Crippen molar-refractivity contribution >= 4 is 11.6 Å². The molecule has 0 spiro atoms. The number of allylic oxidation sites excluding steroid dienone is 4. The Morgan fingerprint density at radius 2 is 1.93 bits per heavy atom. The summed E-state index contributed by atoms with van der Waals surface area (Å²) in [6.45, 7) is 3.96. The first-order chi connectivity index (χ1) is 13.4. The molecule has 29 heavy (non-hydrogen) atoms.